The minimum Gasteiger partial charge on any atom is -0.380 e. The van der Waals surface area contributed by atoms with Crippen LogP contribution in [0.1, 0.15) is 24.3 Å². The summed E-state index contributed by atoms with van der Waals surface area (Å²) in [6, 6.07) is 3.33. The molecule has 1 rings (SSSR count). The Kier molecular flexibility index (Phi) is 6.10. The second-order valence-electron chi connectivity index (χ2n) is 3.66. The zero-order valence-corrected chi connectivity index (χ0v) is 10.8. The largest absolute Gasteiger partial charge is 0.380 e. The van der Waals surface area contributed by atoms with Crippen LogP contribution in [0.15, 0.2) is 18.3 Å². The Bertz CT molecular complexity index is 384. The smallest absolute Gasteiger partial charge is 0.272 e. The fraction of sp³-hybridized carbons (Fsp3) is 0.500. The van der Waals surface area contributed by atoms with Crippen LogP contribution in [-0.4, -0.2) is 42.1 Å². The predicted octanol–water partition coefficient (Wildman–Crippen LogP) is 0.866. The van der Waals surface area contributed by atoms with Crippen LogP contribution in [0.4, 0.5) is 5.69 Å². The van der Waals surface area contributed by atoms with Crippen molar-refractivity contribution in [2.75, 3.05) is 31.7 Å². The monoisotopic (exact) mass is 252 g/mol. The van der Waals surface area contributed by atoms with E-state index in [1.54, 1.807) is 23.2 Å². The molecular formula is C12H20N4O2. The lowest BCUT2D eigenvalue weighted by Gasteiger charge is -2.20. The van der Waals surface area contributed by atoms with E-state index in [2.05, 4.69) is 10.4 Å². The molecule has 6 nitrogen and oxygen atoms in total. The van der Waals surface area contributed by atoms with E-state index in [4.69, 9.17) is 10.6 Å². The highest BCUT2D eigenvalue weighted by Crippen LogP contribution is 2.08. The van der Waals surface area contributed by atoms with Gasteiger partial charge in [-0.1, -0.05) is 0 Å². The van der Waals surface area contributed by atoms with Gasteiger partial charge in [-0.2, -0.15) is 0 Å². The third kappa shape index (κ3) is 3.97. The number of hydrazine groups is 1. The molecule has 1 aromatic heterocycles. The van der Waals surface area contributed by atoms with Gasteiger partial charge in [-0.3, -0.25) is 15.6 Å². The molecule has 18 heavy (non-hydrogen) atoms. The Labute approximate surface area is 107 Å². The molecule has 0 saturated heterocycles. The summed E-state index contributed by atoms with van der Waals surface area (Å²) in [4.78, 5) is 17.9. The summed E-state index contributed by atoms with van der Waals surface area (Å²) in [7, 11) is 0. The van der Waals surface area contributed by atoms with Gasteiger partial charge in [0.15, 0.2) is 0 Å². The summed E-state index contributed by atoms with van der Waals surface area (Å²) in [5, 5.41) is 0. The normalized spacial score (nSPS) is 10.2. The lowest BCUT2D eigenvalue weighted by molar-refractivity contribution is 0.0664. The Morgan fingerprint density at radius 1 is 1.56 bits per heavy atom. The van der Waals surface area contributed by atoms with Gasteiger partial charge in [-0.15, -0.1) is 0 Å². The van der Waals surface area contributed by atoms with Gasteiger partial charge in [0, 0.05) is 25.9 Å². The maximum Gasteiger partial charge on any atom is 0.272 e. The van der Waals surface area contributed by atoms with Crippen molar-refractivity contribution < 1.29 is 9.53 Å². The molecular weight excluding hydrogens is 232 g/mol. The Balaban J connectivity index is 2.69. The predicted molar refractivity (Wildman–Crippen MR) is 70.1 cm³/mol. The lowest BCUT2D eigenvalue weighted by Crippen LogP contribution is -2.34. The van der Waals surface area contributed by atoms with Crippen molar-refractivity contribution >= 4 is 11.6 Å². The van der Waals surface area contributed by atoms with E-state index in [9.17, 15) is 4.79 Å². The van der Waals surface area contributed by atoms with E-state index in [0.717, 1.165) is 0 Å². The molecule has 0 saturated carbocycles. The van der Waals surface area contributed by atoms with Crippen LogP contribution in [0.5, 0.6) is 0 Å². The molecule has 0 unspecified atom stereocenters. The van der Waals surface area contributed by atoms with Gasteiger partial charge in [-0.05, 0) is 26.0 Å². The number of nitrogens with one attached hydrogen (secondary N) is 1. The van der Waals surface area contributed by atoms with Gasteiger partial charge in [0.2, 0.25) is 0 Å². The van der Waals surface area contributed by atoms with Crippen molar-refractivity contribution in [2.24, 2.45) is 5.84 Å². The topological polar surface area (TPSA) is 80.5 Å². The molecule has 0 aliphatic carbocycles. The summed E-state index contributed by atoms with van der Waals surface area (Å²) < 4.78 is 5.25. The summed E-state index contributed by atoms with van der Waals surface area (Å²) in [5.41, 5.74) is 3.54. The number of rotatable bonds is 7. The number of hydrogen-bond donors (Lipinski definition) is 2. The maximum atomic E-state index is 12.2. The van der Waals surface area contributed by atoms with Gasteiger partial charge < -0.3 is 15.1 Å². The Hall–Kier alpha value is -1.66. The molecule has 0 aliphatic rings. The first-order valence-electron chi connectivity index (χ1n) is 6.02. The molecule has 0 spiro atoms. The zero-order chi connectivity index (χ0) is 13.4. The standard InChI is InChI=1S/C12H20N4O2/c1-3-16(7-8-18-4-2)12(17)11-9-10(15-13)5-6-14-11/h5-6,9H,3-4,7-8,13H2,1-2H3,(H,14,15). The van der Waals surface area contributed by atoms with Crippen LogP contribution in [0, 0.1) is 0 Å². The molecule has 0 fully saturated rings. The number of carbonyl (C=O) groups is 1. The van der Waals surface area contributed by atoms with E-state index in [-0.39, 0.29) is 5.91 Å². The van der Waals surface area contributed by atoms with Gasteiger partial charge in [0.1, 0.15) is 5.69 Å². The molecule has 0 radical (unpaired) electrons. The summed E-state index contributed by atoms with van der Waals surface area (Å²) in [6.07, 6.45) is 1.55. The number of nitrogens with two attached hydrogens (primary N) is 1. The highest BCUT2D eigenvalue weighted by Gasteiger charge is 2.15. The average molecular weight is 252 g/mol. The van der Waals surface area contributed by atoms with Crippen LogP contribution in [0.2, 0.25) is 0 Å². The van der Waals surface area contributed by atoms with Crippen LogP contribution in [0.3, 0.4) is 0 Å². The first-order chi connectivity index (χ1) is 8.72. The highest BCUT2D eigenvalue weighted by molar-refractivity contribution is 5.93. The van der Waals surface area contributed by atoms with Gasteiger partial charge in [0.05, 0.1) is 12.3 Å². The van der Waals surface area contributed by atoms with Crippen molar-refractivity contribution in [3.8, 4) is 0 Å². The van der Waals surface area contributed by atoms with Crippen LogP contribution in [-0.2, 0) is 4.74 Å². The van der Waals surface area contributed by atoms with Crippen molar-refractivity contribution in [2.45, 2.75) is 13.8 Å². The Morgan fingerprint density at radius 2 is 2.33 bits per heavy atom. The van der Waals surface area contributed by atoms with Crippen molar-refractivity contribution in [3.05, 3.63) is 24.0 Å². The third-order valence-electron chi connectivity index (χ3n) is 2.52. The first kappa shape index (κ1) is 14.4. The summed E-state index contributed by atoms with van der Waals surface area (Å²) in [5.74, 6) is 5.19. The number of aromatic nitrogens is 1. The highest BCUT2D eigenvalue weighted by atomic mass is 16.5. The SMILES string of the molecule is CCOCCN(CC)C(=O)c1cc(NN)ccn1. The number of nitrogen functional groups attached to an aromatic ring is 1. The number of hydrogen-bond acceptors (Lipinski definition) is 5. The fourth-order valence-electron chi connectivity index (χ4n) is 1.52. The number of pyridine rings is 1. The van der Waals surface area contributed by atoms with E-state index in [1.165, 1.54) is 0 Å². The number of likely N-dealkylation sites (N-methyl/N-ethyl adjacent to an activating group) is 1. The first-order valence-corrected chi connectivity index (χ1v) is 6.02. The third-order valence-corrected chi connectivity index (χ3v) is 2.52. The molecule has 0 aromatic carbocycles. The zero-order valence-electron chi connectivity index (χ0n) is 10.8. The van der Waals surface area contributed by atoms with Crippen LogP contribution < -0.4 is 11.3 Å². The molecule has 0 bridgehead atoms. The quantitative estimate of drug-likeness (QED) is 0.427. The summed E-state index contributed by atoms with van der Waals surface area (Å²) >= 11 is 0. The lowest BCUT2D eigenvalue weighted by atomic mass is 10.3. The van der Waals surface area contributed by atoms with E-state index in [1.807, 2.05) is 13.8 Å². The average Bonchev–Trinajstić information content (AvgIpc) is 2.43. The van der Waals surface area contributed by atoms with Crippen LogP contribution >= 0.6 is 0 Å². The number of anilines is 1. The van der Waals surface area contributed by atoms with E-state index in [0.29, 0.717) is 37.7 Å². The Morgan fingerprint density at radius 3 is 2.94 bits per heavy atom. The van der Waals surface area contributed by atoms with Crippen molar-refractivity contribution in [1.82, 2.24) is 9.88 Å². The number of carbonyl (C=O) groups excluding carboxylic acids is 1. The van der Waals surface area contributed by atoms with Crippen molar-refractivity contribution in [1.29, 1.82) is 0 Å². The molecule has 1 heterocycles. The molecule has 6 heteroatoms. The maximum absolute atomic E-state index is 12.2. The molecule has 0 aliphatic heterocycles. The van der Waals surface area contributed by atoms with Gasteiger partial charge in [0.25, 0.3) is 5.91 Å². The minimum absolute atomic E-state index is 0.116. The number of amides is 1. The van der Waals surface area contributed by atoms with Crippen LogP contribution in [0.25, 0.3) is 0 Å². The molecule has 3 N–H and O–H groups in total. The molecule has 1 aromatic rings. The molecule has 0 atom stereocenters. The molecule has 1 amide bonds. The van der Waals surface area contributed by atoms with E-state index < -0.39 is 0 Å². The number of ether oxygens (including phenoxy) is 1. The summed E-state index contributed by atoms with van der Waals surface area (Å²) in [6.45, 7) is 6.21. The molecule has 100 valence electrons. The number of nitrogens with zero attached hydrogens (tertiary/aromatic N) is 2. The van der Waals surface area contributed by atoms with Gasteiger partial charge >= 0.3 is 0 Å². The second kappa shape index (κ2) is 7.62. The fourth-order valence-corrected chi connectivity index (χ4v) is 1.52. The van der Waals surface area contributed by atoms with E-state index >= 15 is 0 Å². The minimum atomic E-state index is -0.116. The van der Waals surface area contributed by atoms with Gasteiger partial charge in [-0.25, -0.2) is 0 Å². The second-order valence-corrected chi connectivity index (χ2v) is 3.66. The van der Waals surface area contributed by atoms with Crippen molar-refractivity contribution in [3.63, 3.8) is 0 Å².